The fourth-order valence-corrected chi connectivity index (χ4v) is 7.02. The molecule has 0 amide bonds. The Bertz CT molecular complexity index is 1360. The van der Waals surface area contributed by atoms with E-state index < -0.39 is 19.6 Å². The monoisotopic (exact) mass is 438 g/mol. The first-order valence-corrected chi connectivity index (χ1v) is 13.9. The summed E-state index contributed by atoms with van der Waals surface area (Å²) in [5, 5.41) is 12.9. The molecular weight excluding hydrogens is 415 g/mol. The van der Waals surface area contributed by atoms with E-state index in [0.717, 1.165) is 16.1 Å². The third kappa shape index (κ3) is 2.67. The minimum Gasteiger partial charge on any atom is -0.458 e. The Morgan fingerprint density at radius 1 is 1.23 bits per heavy atom. The molecule has 160 valence electrons. The van der Waals surface area contributed by atoms with Crippen LogP contribution in [0.15, 0.2) is 29.1 Å². The van der Waals surface area contributed by atoms with E-state index in [4.69, 9.17) is 9.72 Å². The predicted molar refractivity (Wildman–Crippen MR) is 117 cm³/mol. The van der Waals surface area contributed by atoms with Gasteiger partial charge in [-0.2, -0.15) is 0 Å². The quantitative estimate of drug-likeness (QED) is 0.385. The zero-order valence-electron chi connectivity index (χ0n) is 17.9. The molecule has 1 atom stereocenters. The Morgan fingerprint density at radius 3 is 2.65 bits per heavy atom. The number of aliphatic hydroxyl groups is 1. The minimum absolute atomic E-state index is 0.0964. The Morgan fingerprint density at radius 2 is 1.97 bits per heavy atom. The molecule has 3 aromatic rings. The van der Waals surface area contributed by atoms with Gasteiger partial charge >= 0.3 is 5.97 Å². The molecule has 8 heteroatoms. The van der Waals surface area contributed by atoms with Crippen LogP contribution in [0.5, 0.6) is 0 Å². The molecule has 0 spiro atoms. The summed E-state index contributed by atoms with van der Waals surface area (Å²) in [7, 11) is -1.96. The SMILES string of the molecule is CC[C@@]1(O)C(=O)OCc2c1cc1n(c2=O)Cc2c-1nc1ccc(F)cc1c2[Si](C)(C)C. The Balaban J connectivity index is 1.87. The van der Waals surface area contributed by atoms with Crippen LogP contribution in [0.2, 0.25) is 19.6 Å². The summed E-state index contributed by atoms with van der Waals surface area (Å²) in [5.41, 5.74) is 1.27. The summed E-state index contributed by atoms with van der Waals surface area (Å²) < 4.78 is 20.9. The highest BCUT2D eigenvalue weighted by atomic mass is 28.3. The van der Waals surface area contributed by atoms with Crippen LogP contribution in [-0.4, -0.2) is 28.7 Å². The number of benzene rings is 1. The molecule has 4 heterocycles. The number of cyclic esters (lactones) is 1. The van der Waals surface area contributed by atoms with Crippen LogP contribution < -0.4 is 10.7 Å². The number of esters is 1. The van der Waals surface area contributed by atoms with E-state index >= 15 is 0 Å². The summed E-state index contributed by atoms with van der Waals surface area (Å²) in [6.45, 7) is 8.41. The molecule has 0 fully saturated rings. The molecule has 0 saturated heterocycles. The van der Waals surface area contributed by atoms with E-state index in [-0.39, 0.29) is 24.4 Å². The first-order valence-electron chi connectivity index (χ1n) is 10.4. The number of nitrogens with zero attached hydrogens (tertiary/aromatic N) is 2. The molecule has 0 aliphatic carbocycles. The number of carbonyl (C=O) groups is 1. The van der Waals surface area contributed by atoms with Crippen molar-refractivity contribution in [2.24, 2.45) is 0 Å². The molecule has 2 aromatic heterocycles. The molecule has 6 nitrogen and oxygen atoms in total. The zero-order valence-corrected chi connectivity index (χ0v) is 18.9. The summed E-state index contributed by atoms with van der Waals surface area (Å²) in [6, 6.07) is 6.28. The van der Waals surface area contributed by atoms with Crippen LogP contribution in [0.1, 0.15) is 30.0 Å². The highest BCUT2D eigenvalue weighted by Crippen LogP contribution is 2.38. The first-order chi connectivity index (χ1) is 14.6. The standard InChI is InChI=1S/C23H23FN2O4Si/c1-5-23(29)16-9-18-19-14(10-26(18)21(27)15(16)11-30-22(23)28)20(31(2,3)4)13-8-12(24)6-7-17(13)25-19/h6-9,29H,5,10-11H2,1-4H3/t23-/m0/s1. The minimum atomic E-state index is -1.96. The fraction of sp³-hybridized carbons (Fsp3) is 0.348. The normalized spacial score (nSPS) is 19.7. The Kier molecular flexibility index (Phi) is 4.10. The maximum Gasteiger partial charge on any atom is 0.343 e. The molecule has 2 aliphatic rings. The van der Waals surface area contributed by atoms with Gasteiger partial charge in [-0.15, -0.1) is 0 Å². The molecule has 0 saturated carbocycles. The van der Waals surface area contributed by atoms with Crippen LogP contribution in [0, 0.1) is 5.82 Å². The van der Waals surface area contributed by atoms with E-state index in [1.165, 1.54) is 12.1 Å². The topological polar surface area (TPSA) is 81.4 Å². The maximum absolute atomic E-state index is 14.1. The summed E-state index contributed by atoms with van der Waals surface area (Å²) in [5.74, 6) is -1.06. The lowest BCUT2D eigenvalue weighted by molar-refractivity contribution is -0.172. The third-order valence-corrected chi connectivity index (χ3v) is 8.47. The average molecular weight is 439 g/mol. The number of hydrogen-bond acceptors (Lipinski definition) is 5. The lowest BCUT2D eigenvalue weighted by Crippen LogP contribution is -2.44. The molecule has 2 aliphatic heterocycles. The van der Waals surface area contributed by atoms with Gasteiger partial charge in [-0.3, -0.25) is 4.79 Å². The van der Waals surface area contributed by atoms with Crippen molar-refractivity contribution < 1.29 is 19.0 Å². The second-order valence-corrected chi connectivity index (χ2v) is 14.3. The van der Waals surface area contributed by atoms with E-state index in [9.17, 15) is 19.1 Å². The maximum atomic E-state index is 14.1. The van der Waals surface area contributed by atoms with Gasteiger partial charge in [-0.25, -0.2) is 14.2 Å². The van der Waals surface area contributed by atoms with Crippen LogP contribution in [-0.2, 0) is 28.3 Å². The van der Waals surface area contributed by atoms with Gasteiger partial charge in [0.15, 0.2) is 5.60 Å². The Hall–Kier alpha value is -2.84. The second kappa shape index (κ2) is 6.33. The number of aromatic nitrogens is 2. The van der Waals surface area contributed by atoms with Crippen LogP contribution in [0.4, 0.5) is 4.39 Å². The van der Waals surface area contributed by atoms with E-state index in [0.29, 0.717) is 34.6 Å². The second-order valence-electron chi connectivity index (χ2n) is 9.33. The lowest BCUT2D eigenvalue weighted by Gasteiger charge is -2.31. The molecule has 1 N–H and O–H groups in total. The van der Waals surface area contributed by atoms with E-state index in [2.05, 4.69) is 19.6 Å². The summed E-state index contributed by atoms with van der Waals surface area (Å²) in [6.07, 6.45) is 0.0964. The number of rotatable bonds is 2. The van der Waals surface area contributed by atoms with Gasteiger partial charge in [-0.05, 0) is 41.4 Å². The van der Waals surface area contributed by atoms with E-state index in [1.807, 2.05) is 0 Å². The van der Waals surface area contributed by atoms with Gasteiger partial charge in [-0.1, -0.05) is 26.6 Å². The largest absolute Gasteiger partial charge is 0.458 e. The number of halogens is 1. The van der Waals surface area contributed by atoms with Crippen molar-refractivity contribution in [3.05, 3.63) is 57.1 Å². The fourth-order valence-electron chi connectivity index (χ4n) is 4.91. The third-order valence-electron chi connectivity index (χ3n) is 6.40. The van der Waals surface area contributed by atoms with Gasteiger partial charge in [0.1, 0.15) is 12.4 Å². The number of ether oxygens (including phenoxy) is 1. The molecule has 5 rings (SSSR count). The number of carbonyl (C=O) groups excluding carboxylic acids is 1. The summed E-state index contributed by atoms with van der Waals surface area (Å²) >= 11 is 0. The van der Waals surface area contributed by atoms with Gasteiger partial charge < -0.3 is 14.4 Å². The van der Waals surface area contributed by atoms with Crippen molar-refractivity contribution in [2.75, 3.05) is 0 Å². The van der Waals surface area contributed by atoms with Crippen LogP contribution >= 0.6 is 0 Å². The first kappa shape index (κ1) is 20.1. The predicted octanol–water partition coefficient (Wildman–Crippen LogP) is 2.76. The Labute approximate surface area is 179 Å². The van der Waals surface area contributed by atoms with Crippen molar-refractivity contribution >= 4 is 30.1 Å². The highest BCUT2D eigenvalue weighted by molar-refractivity contribution is 6.90. The van der Waals surface area contributed by atoms with Crippen LogP contribution in [0.3, 0.4) is 0 Å². The number of pyridine rings is 2. The van der Waals surface area contributed by atoms with Crippen molar-refractivity contribution in [3.8, 4) is 11.4 Å². The molecular formula is C23H23FN2O4Si. The van der Waals surface area contributed by atoms with Crippen LogP contribution in [0.25, 0.3) is 22.3 Å². The number of fused-ring (bicyclic) bond motifs is 5. The van der Waals surface area contributed by atoms with Crippen molar-refractivity contribution in [1.29, 1.82) is 0 Å². The zero-order chi connectivity index (χ0) is 22.3. The molecule has 0 bridgehead atoms. The lowest BCUT2D eigenvalue weighted by atomic mass is 9.86. The van der Waals surface area contributed by atoms with Crippen molar-refractivity contribution in [3.63, 3.8) is 0 Å². The number of hydrogen-bond donors (Lipinski definition) is 1. The molecule has 0 radical (unpaired) electrons. The van der Waals surface area contributed by atoms with Crippen molar-refractivity contribution in [1.82, 2.24) is 9.55 Å². The van der Waals surface area contributed by atoms with Gasteiger partial charge in [0.25, 0.3) is 5.56 Å². The van der Waals surface area contributed by atoms with Crippen molar-refractivity contribution in [2.45, 2.75) is 51.7 Å². The van der Waals surface area contributed by atoms with Gasteiger partial charge in [0.05, 0.1) is 37.1 Å². The smallest absolute Gasteiger partial charge is 0.343 e. The average Bonchev–Trinajstić information content (AvgIpc) is 3.07. The van der Waals surface area contributed by atoms with Gasteiger partial charge in [0.2, 0.25) is 0 Å². The molecule has 0 unspecified atom stereocenters. The summed E-state index contributed by atoms with van der Waals surface area (Å²) in [4.78, 5) is 30.5. The highest BCUT2D eigenvalue weighted by Gasteiger charge is 2.45. The van der Waals surface area contributed by atoms with Gasteiger partial charge in [0, 0.05) is 10.9 Å². The van der Waals surface area contributed by atoms with E-state index in [1.54, 1.807) is 23.6 Å². The molecule has 31 heavy (non-hydrogen) atoms. The molecule has 1 aromatic carbocycles.